The fourth-order valence-electron chi connectivity index (χ4n) is 1.27. The predicted octanol–water partition coefficient (Wildman–Crippen LogP) is 2.81. The second-order valence-electron chi connectivity index (χ2n) is 3.16. The van der Waals surface area contributed by atoms with Crippen LogP contribution in [0, 0.1) is 6.92 Å². The third-order valence-corrected chi connectivity index (χ3v) is 2.10. The van der Waals surface area contributed by atoms with Gasteiger partial charge in [0.1, 0.15) is 0 Å². The van der Waals surface area contributed by atoms with Crippen LogP contribution < -0.4 is 0 Å². The van der Waals surface area contributed by atoms with Crippen molar-refractivity contribution in [1.29, 1.82) is 0 Å². The summed E-state index contributed by atoms with van der Waals surface area (Å²) in [6.07, 6.45) is 3.69. The number of nitrogens with zero attached hydrogens (tertiary/aromatic N) is 3. The fourth-order valence-corrected chi connectivity index (χ4v) is 1.27. The van der Waals surface area contributed by atoms with Gasteiger partial charge in [-0.05, 0) is 29.1 Å². The summed E-state index contributed by atoms with van der Waals surface area (Å²) in [4.78, 5) is 2.65. The van der Waals surface area contributed by atoms with Crippen molar-refractivity contribution in [3.8, 4) is 0 Å². The van der Waals surface area contributed by atoms with E-state index >= 15 is 0 Å². The Morgan fingerprint density at radius 1 is 1.53 bits per heavy atom. The topological polar surface area (TPSA) is 69.0 Å². The van der Waals surface area contributed by atoms with Gasteiger partial charge in [-0.2, -0.15) is 0 Å². The van der Waals surface area contributed by atoms with Crippen molar-refractivity contribution in [2.24, 2.45) is 5.11 Å². The predicted molar refractivity (Wildman–Crippen MR) is 60.1 cm³/mol. The summed E-state index contributed by atoms with van der Waals surface area (Å²) >= 11 is 0. The molecule has 0 saturated carbocycles. The Morgan fingerprint density at radius 3 is 2.93 bits per heavy atom. The molecule has 0 atom stereocenters. The maximum absolute atomic E-state index is 8.98. The van der Waals surface area contributed by atoms with Gasteiger partial charge in [-0.25, -0.2) is 0 Å². The molecule has 0 aliphatic rings. The van der Waals surface area contributed by atoms with Crippen molar-refractivity contribution in [3.63, 3.8) is 0 Å². The second-order valence-corrected chi connectivity index (χ2v) is 3.16. The summed E-state index contributed by atoms with van der Waals surface area (Å²) in [6.45, 7) is 2.38. The lowest BCUT2D eigenvalue weighted by molar-refractivity contribution is 0.281. The number of hydrogen-bond acceptors (Lipinski definition) is 2. The second kappa shape index (κ2) is 5.86. The summed E-state index contributed by atoms with van der Waals surface area (Å²) < 4.78 is 0. The van der Waals surface area contributed by atoms with E-state index < -0.39 is 0 Å². The average Bonchev–Trinajstić information content (AvgIpc) is 2.25. The molecular weight excluding hydrogens is 190 g/mol. The van der Waals surface area contributed by atoms with Crippen molar-refractivity contribution in [2.45, 2.75) is 13.5 Å². The molecule has 1 rings (SSSR count). The van der Waals surface area contributed by atoms with Crippen LogP contribution in [0.2, 0.25) is 0 Å². The van der Waals surface area contributed by atoms with Gasteiger partial charge >= 0.3 is 0 Å². The number of azide groups is 1. The molecule has 1 aromatic rings. The highest BCUT2D eigenvalue weighted by atomic mass is 16.3. The summed E-state index contributed by atoms with van der Waals surface area (Å²) in [5, 5.41) is 12.4. The molecular formula is C11H13N3O. The van der Waals surface area contributed by atoms with Gasteiger partial charge in [-0.3, -0.25) is 0 Å². The van der Waals surface area contributed by atoms with Crippen molar-refractivity contribution < 1.29 is 5.11 Å². The van der Waals surface area contributed by atoms with E-state index in [4.69, 9.17) is 10.6 Å². The first kappa shape index (κ1) is 11.3. The summed E-state index contributed by atoms with van der Waals surface area (Å²) in [5.41, 5.74) is 11.1. The smallest absolute Gasteiger partial charge is 0.0684 e. The number of benzene rings is 1. The quantitative estimate of drug-likeness (QED) is 0.456. The number of rotatable bonds is 4. The van der Waals surface area contributed by atoms with Crippen LogP contribution in [-0.4, -0.2) is 11.7 Å². The first-order chi connectivity index (χ1) is 7.27. The Hall–Kier alpha value is -1.77. The van der Waals surface area contributed by atoms with Gasteiger partial charge in [-0.1, -0.05) is 35.5 Å². The van der Waals surface area contributed by atoms with Crippen LogP contribution in [0.3, 0.4) is 0 Å². The molecule has 78 valence electrons. The molecule has 0 amide bonds. The first-order valence-corrected chi connectivity index (χ1v) is 4.65. The molecule has 0 aliphatic carbocycles. The number of hydrogen-bond donors (Lipinski definition) is 1. The highest BCUT2D eigenvalue weighted by Crippen LogP contribution is 2.12. The Bertz CT molecular complexity index is 406. The minimum absolute atomic E-state index is 0.0640. The maximum Gasteiger partial charge on any atom is 0.0684 e. The van der Waals surface area contributed by atoms with Gasteiger partial charge < -0.3 is 5.11 Å². The molecule has 0 bridgehead atoms. The molecule has 4 nitrogen and oxygen atoms in total. The monoisotopic (exact) mass is 203 g/mol. The minimum Gasteiger partial charge on any atom is -0.392 e. The third-order valence-electron chi connectivity index (χ3n) is 2.10. The van der Waals surface area contributed by atoms with E-state index in [9.17, 15) is 0 Å². The van der Waals surface area contributed by atoms with Gasteiger partial charge in [0, 0.05) is 11.5 Å². The van der Waals surface area contributed by atoms with Gasteiger partial charge in [0.2, 0.25) is 0 Å². The normalized spacial score (nSPS) is 10.3. The van der Waals surface area contributed by atoms with Crippen molar-refractivity contribution in [2.75, 3.05) is 6.54 Å². The average molecular weight is 203 g/mol. The SMILES string of the molecule is Cc1cc(C=CCN=[N+]=[N-])ccc1CO. The Labute approximate surface area is 88.5 Å². The van der Waals surface area contributed by atoms with Crippen LogP contribution in [0.1, 0.15) is 16.7 Å². The van der Waals surface area contributed by atoms with Crippen molar-refractivity contribution in [3.05, 3.63) is 51.4 Å². The van der Waals surface area contributed by atoms with Crippen LogP contribution >= 0.6 is 0 Å². The van der Waals surface area contributed by atoms with Crippen LogP contribution in [-0.2, 0) is 6.61 Å². The van der Waals surface area contributed by atoms with Crippen LogP contribution in [0.15, 0.2) is 29.4 Å². The van der Waals surface area contributed by atoms with Crippen molar-refractivity contribution >= 4 is 6.08 Å². The Morgan fingerprint density at radius 2 is 2.33 bits per heavy atom. The van der Waals surface area contributed by atoms with E-state index in [1.54, 1.807) is 6.08 Å². The molecule has 0 fully saturated rings. The lowest BCUT2D eigenvalue weighted by Gasteiger charge is -2.02. The largest absolute Gasteiger partial charge is 0.392 e. The summed E-state index contributed by atoms with van der Waals surface area (Å²) in [6, 6.07) is 5.80. The molecule has 0 radical (unpaired) electrons. The molecule has 4 heteroatoms. The standard InChI is InChI=1S/C11H13N3O/c1-9-7-10(3-2-6-13-14-12)4-5-11(9)8-15/h2-5,7,15H,6,8H2,1H3. The van der Waals surface area contributed by atoms with E-state index in [0.29, 0.717) is 6.54 Å². The van der Waals surface area contributed by atoms with E-state index in [2.05, 4.69) is 10.0 Å². The van der Waals surface area contributed by atoms with E-state index in [-0.39, 0.29) is 6.61 Å². The van der Waals surface area contributed by atoms with E-state index in [0.717, 1.165) is 16.7 Å². The zero-order valence-corrected chi connectivity index (χ0v) is 8.59. The zero-order valence-electron chi connectivity index (χ0n) is 8.59. The lowest BCUT2D eigenvalue weighted by Crippen LogP contribution is -1.88. The maximum atomic E-state index is 8.98. The molecule has 15 heavy (non-hydrogen) atoms. The number of aliphatic hydroxyl groups excluding tert-OH is 1. The molecule has 1 N–H and O–H groups in total. The fraction of sp³-hybridized carbons (Fsp3) is 0.273. The van der Waals surface area contributed by atoms with Crippen molar-refractivity contribution in [1.82, 2.24) is 0 Å². The molecule has 0 spiro atoms. The van der Waals surface area contributed by atoms with Crippen LogP contribution in [0.25, 0.3) is 16.5 Å². The zero-order chi connectivity index (χ0) is 11.1. The molecule has 0 heterocycles. The Kier molecular flexibility index (Phi) is 4.41. The van der Waals surface area contributed by atoms with Gasteiger partial charge in [0.15, 0.2) is 0 Å². The van der Waals surface area contributed by atoms with Crippen LogP contribution in [0.4, 0.5) is 0 Å². The molecule has 0 saturated heterocycles. The van der Waals surface area contributed by atoms with Gasteiger partial charge in [0.05, 0.1) is 6.61 Å². The molecule has 0 aromatic heterocycles. The Balaban J connectivity index is 2.75. The third kappa shape index (κ3) is 3.46. The van der Waals surface area contributed by atoms with Gasteiger partial charge in [0.25, 0.3) is 0 Å². The molecule has 0 aliphatic heterocycles. The minimum atomic E-state index is 0.0640. The van der Waals surface area contributed by atoms with E-state index in [1.807, 2.05) is 31.2 Å². The lowest BCUT2D eigenvalue weighted by atomic mass is 10.1. The summed E-state index contributed by atoms with van der Waals surface area (Å²) in [5.74, 6) is 0. The molecule has 0 unspecified atom stereocenters. The highest BCUT2D eigenvalue weighted by Gasteiger charge is 1.96. The first-order valence-electron chi connectivity index (χ1n) is 4.65. The summed E-state index contributed by atoms with van der Waals surface area (Å²) in [7, 11) is 0. The van der Waals surface area contributed by atoms with E-state index in [1.165, 1.54) is 0 Å². The number of aliphatic hydroxyl groups is 1. The highest BCUT2D eigenvalue weighted by molar-refractivity contribution is 5.51. The number of aryl methyl sites for hydroxylation is 1. The van der Waals surface area contributed by atoms with Crippen LogP contribution in [0.5, 0.6) is 0 Å². The molecule has 1 aromatic carbocycles. The van der Waals surface area contributed by atoms with Gasteiger partial charge in [-0.15, -0.1) is 0 Å².